The number of hydrogen-bond donors (Lipinski definition) is 0. The number of carbonyl (C=O) groups excluding carboxylic acids is 1. The van der Waals surface area contributed by atoms with Crippen molar-refractivity contribution in [3.63, 3.8) is 0 Å². The molecule has 0 aliphatic carbocycles. The normalized spacial score (nSPS) is 18.8. The van der Waals surface area contributed by atoms with Gasteiger partial charge in [0.1, 0.15) is 18.4 Å². The first kappa shape index (κ1) is 12.3. The Kier molecular flexibility index (Phi) is 2.74. The summed E-state index contributed by atoms with van der Waals surface area (Å²) >= 11 is 0. The Hall–Kier alpha value is -2.71. The highest BCUT2D eigenvalue weighted by molar-refractivity contribution is 5.98. The van der Waals surface area contributed by atoms with Gasteiger partial charge < -0.3 is 4.90 Å². The molecule has 0 radical (unpaired) electrons. The van der Waals surface area contributed by atoms with Crippen LogP contribution in [0.2, 0.25) is 0 Å². The molecule has 0 bridgehead atoms. The molecule has 2 aromatic heterocycles. The van der Waals surface area contributed by atoms with Crippen LogP contribution in [0, 0.1) is 10.1 Å². The zero-order valence-electron chi connectivity index (χ0n) is 10.7. The highest BCUT2D eigenvalue weighted by atomic mass is 16.6. The van der Waals surface area contributed by atoms with Gasteiger partial charge in [-0.1, -0.05) is 0 Å². The van der Waals surface area contributed by atoms with Gasteiger partial charge in [-0.05, 0) is 6.42 Å². The Bertz CT molecular complexity index is 675. The molecule has 1 atom stereocenters. The predicted molar refractivity (Wildman–Crippen MR) is 68.1 cm³/mol. The van der Waals surface area contributed by atoms with E-state index in [1.165, 1.54) is 10.9 Å². The van der Waals surface area contributed by atoms with Gasteiger partial charge in [-0.25, -0.2) is 0 Å². The summed E-state index contributed by atoms with van der Waals surface area (Å²) in [7, 11) is 1.78. The highest BCUT2D eigenvalue weighted by Gasteiger charge is 2.35. The fraction of sp³-hybridized carbons (Fsp3) is 0.364. The van der Waals surface area contributed by atoms with E-state index in [1.807, 2.05) is 0 Å². The molecule has 1 unspecified atom stereocenters. The molecule has 9 heteroatoms. The number of aromatic nitrogens is 4. The van der Waals surface area contributed by atoms with E-state index in [4.69, 9.17) is 0 Å². The molecule has 1 saturated heterocycles. The number of carbonyl (C=O) groups is 1. The molecule has 1 aliphatic rings. The summed E-state index contributed by atoms with van der Waals surface area (Å²) in [5.41, 5.74) is 0.610. The van der Waals surface area contributed by atoms with Crippen molar-refractivity contribution in [3.8, 4) is 0 Å². The summed E-state index contributed by atoms with van der Waals surface area (Å²) in [4.78, 5) is 24.1. The fourth-order valence-corrected chi connectivity index (χ4v) is 2.31. The molecule has 0 spiro atoms. The summed E-state index contributed by atoms with van der Waals surface area (Å²) in [6, 6.07) is -0.496. The lowest BCUT2D eigenvalue weighted by molar-refractivity contribution is -0.385. The third kappa shape index (κ3) is 1.92. The third-order valence-corrected chi connectivity index (χ3v) is 3.30. The van der Waals surface area contributed by atoms with Crippen LogP contribution in [0.4, 0.5) is 11.4 Å². The highest BCUT2D eigenvalue weighted by Crippen LogP contribution is 2.28. The second-order valence-corrected chi connectivity index (χ2v) is 4.60. The fourth-order valence-electron chi connectivity index (χ4n) is 2.31. The molecule has 0 saturated carbocycles. The molecule has 1 fully saturated rings. The van der Waals surface area contributed by atoms with Gasteiger partial charge in [-0.15, -0.1) is 0 Å². The molecule has 2 aromatic rings. The Labute approximate surface area is 113 Å². The van der Waals surface area contributed by atoms with Gasteiger partial charge in [0, 0.05) is 19.8 Å². The van der Waals surface area contributed by atoms with Gasteiger partial charge in [0.2, 0.25) is 0 Å². The van der Waals surface area contributed by atoms with E-state index in [0.29, 0.717) is 13.0 Å². The van der Waals surface area contributed by atoms with Gasteiger partial charge in [0.05, 0.1) is 16.8 Å². The van der Waals surface area contributed by atoms with E-state index >= 15 is 0 Å². The number of amides is 1. The standard InChI is InChI=1S/C11H12N6O3/c1-14-6-8(4-12-14)15-3-2-10(11(15)18)16-7-9(5-13-16)17(19)20/h4-7,10H,2-3H2,1H3. The first-order valence-corrected chi connectivity index (χ1v) is 6.05. The van der Waals surface area contributed by atoms with Crippen LogP contribution in [-0.4, -0.2) is 36.9 Å². The molecule has 1 amide bonds. The van der Waals surface area contributed by atoms with E-state index < -0.39 is 11.0 Å². The van der Waals surface area contributed by atoms with E-state index in [9.17, 15) is 14.9 Å². The lowest BCUT2D eigenvalue weighted by atomic mass is 10.2. The smallest absolute Gasteiger partial charge is 0.307 e. The Morgan fingerprint density at radius 3 is 2.75 bits per heavy atom. The number of nitrogens with zero attached hydrogens (tertiary/aromatic N) is 6. The molecular formula is C11H12N6O3. The summed E-state index contributed by atoms with van der Waals surface area (Å²) in [6.45, 7) is 0.544. The molecule has 3 rings (SSSR count). The summed E-state index contributed by atoms with van der Waals surface area (Å²) < 4.78 is 2.98. The van der Waals surface area contributed by atoms with Crippen molar-refractivity contribution in [1.29, 1.82) is 0 Å². The van der Waals surface area contributed by atoms with Crippen LogP contribution >= 0.6 is 0 Å². The quantitative estimate of drug-likeness (QED) is 0.600. The van der Waals surface area contributed by atoms with Gasteiger partial charge >= 0.3 is 5.69 Å². The summed E-state index contributed by atoms with van der Waals surface area (Å²) in [5.74, 6) is -0.129. The minimum Gasteiger partial charge on any atom is -0.308 e. The van der Waals surface area contributed by atoms with Gasteiger partial charge in [0.25, 0.3) is 5.91 Å². The summed E-state index contributed by atoms with van der Waals surface area (Å²) in [6.07, 6.45) is 6.37. The largest absolute Gasteiger partial charge is 0.308 e. The lowest BCUT2D eigenvalue weighted by Crippen LogP contribution is -2.28. The van der Waals surface area contributed by atoms with E-state index in [2.05, 4.69) is 10.2 Å². The third-order valence-electron chi connectivity index (χ3n) is 3.30. The van der Waals surface area contributed by atoms with Crippen molar-refractivity contribution in [3.05, 3.63) is 34.9 Å². The molecule has 0 aromatic carbocycles. The van der Waals surface area contributed by atoms with Gasteiger partial charge in [0.15, 0.2) is 0 Å². The first-order chi connectivity index (χ1) is 9.56. The van der Waals surface area contributed by atoms with Crippen LogP contribution in [0.1, 0.15) is 12.5 Å². The monoisotopic (exact) mass is 276 g/mol. The lowest BCUT2D eigenvalue weighted by Gasteiger charge is -2.14. The SMILES string of the molecule is Cn1cc(N2CCC(n3cc([N+](=O)[O-])cn3)C2=O)cn1. The van der Waals surface area contributed by atoms with Crippen molar-refractivity contribution in [2.75, 3.05) is 11.4 Å². The number of hydrogen-bond acceptors (Lipinski definition) is 5. The van der Waals surface area contributed by atoms with Gasteiger partial charge in [-0.3, -0.25) is 24.3 Å². The average molecular weight is 276 g/mol. The second-order valence-electron chi connectivity index (χ2n) is 4.60. The molecule has 9 nitrogen and oxygen atoms in total. The maximum Gasteiger partial charge on any atom is 0.307 e. The van der Waals surface area contributed by atoms with Crippen molar-refractivity contribution >= 4 is 17.3 Å². The van der Waals surface area contributed by atoms with Crippen molar-refractivity contribution in [2.24, 2.45) is 7.05 Å². The van der Waals surface area contributed by atoms with E-state index in [1.54, 1.807) is 29.0 Å². The predicted octanol–water partition coefficient (Wildman–Crippen LogP) is 0.503. The summed E-state index contributed by atoms with van der Waals surface area (Å²) in [5, 5.41) is 18.6. The van der Waals surface area contributed by atoms with Crippen LogP contribution in [0.25, 0.3) is 0 Å². The zero-order chi connectivity index (χ0) is 14.3. The van der Waals surface area contributed by atoms with Crippen LogP contribution in [0.3, 0.4) is 0 Å². The van der Waals surface area contributed by atoms with Crippen LogP contribution < -0.4 is 4.90 Å². The van der Waals surface area contributed by atoms with Crippen LogP contribution in [-0.2, 0) is 11.8 Å². The Balaban J connectivity index is 1.83. The molecule has 1 aliphatic heterocycles. The Morgan fingerprint density at radius 1 is 1.35 bits per heavy atom. The molecule has 20 heavy (non-hydrogen) atoms. The minimum atomic E-state index is -0.526. The molecular weight excluding hydrogens is 264 g/mol. The van der Waals surface area contributed by atoms with Crippen molar-refractivity contribution < 1.29 is 9.72 Å². The van der Waals surface area contributed by atoms with Crippen LogP contribution in [0.15, 0.2) is 24.8 Å². The second kappa shape index (κ2) is 4.44. The van der Waals surface area contributed by atoms with Crippen LogP contribution in [0.5, 0.6) is 0 Å². The maximum absolute atomic E-state index is 12.4. The maximum atomic E-state index is 12.4. The minimum absolute atomic E-state index is 0.113. The van der Waals surface area contributed by atoms with E-state index in [0.717, 1.165) is 11.9 Å². The van der Waals surface area contributed by atoms with Crippen molar-refractivity contribution in [2.45, 2.75) is 12.5 Å². The number of nitro groups is 1. The van der Waals surface area contributed by atoms with Crippen molar-refractivity contribution in [1.82, 2.24) is 19.6 Å². The number of rotatable bonds is 3. The molecule has 0 N–H and O–H groups in total. The first-order valence-electron chi connectivity index (χ1n) is 6.05. The zero-order valence-corrected chi connectivity index (χ0v) is 10.7. The molecule has 3 heterocycles. The Morgan fingerprint density at radius 2 is 2.15 bits per heavy atom. The van der Waals surface area contributed by atoms with Gasteiger partial charge in [-0.2, -0.15) is 10.2 Å². The number of aryl methyl sites for hydroxylation is 1. The topological polar surface area (TPSA) is 99.1 Å². The number of anilines is 1. The average Bonchev–Trinajstić information content (AvgIpc) is 3.08. The van der Waals surface area contributed by atoms with E-state index in [-0.39, 0.29) is 11.6 Å². The molecule has 104 valence electrons.